The Morgan fingerprint density at radius 2 is 1.58 bits per heavy atom. The average Bonchev–Trinajstić information content (AvgIpc) is 3.71. The molecule has 7 aromatic rings. The third kappa shape index (κ3) is 8.01. The molecule has 0 bridgehead atoms. The van der Waals surface area contributed by atoms with Crippen LogP contribution in [0.3, 0.4) is 0 Å². The van der Waals surface area contributed by atoms with Crippen molar-refractivity contribution in [3.05, 3.63) is 162 Å². The number of tetrazole rings is 1. The van der Waals surface area contributed by atoms with Gasteiger partial charge in [-0.25, -0.2) is 4.98 Å². The number of aromatic nitrogens is 6. The van der Waals surface area contributed by atoms with Crippen molar-refractivity contribution in [1.29, 1.82) is 0 Å². The van der Waals surface area contributed by atoms with Gasteiger partial charge in [-0.15, -0.1) is 5.10 Å². The zero-order chi connectivity index (χ0) is 36.0. The van der Waals surface area contributed by atoms with Crippen LogP contribution in [0.5, 0.6) is 0 Å². The third-order valence-electron chi connectivity index (χ3n) is 9.03. The minimum atomic E-state index is -0.601. The van der Waals surface area contributed by atoms with Gasteiger partial charge < -0.3 is 19.9 Å². The Kier molecular flexibility index (Phi) is 10.3. The maximum atomic E-state index is 12.9. The van der Waals surface area contributed by atoms with Crippen LogP contribution in [0.4, 0.5) is 0 Å². The lowest BCUT2D eigenvalue weighted by molar-refractivity contribution is -0.245. The summed E-state index contributed by atoms with van der Waals surface area (Å²) in [4.78, 5) is 21.7. The van der Waals surface area contributed by atoms with E-state index < -0.39 is 6.29 Å². The van der Waals surface area contributed by atoms with Crippen molar-refractivity contribution in [2.24, 2.45) is 0 Å². The fraction of sp³-hybridized carbons (Fsp3) is 0.171. The number of rotatable bonds is 11. The van der Waals surface area contributed by atoms with Crippen molar-refractivity contribution in [2.75, 3.05) is 5.75 Å². The van der Waals surface area contributed by atoms with Crippen molar-refractivity contribution in [3.63, 3.8) is 0 Å². The maximum absolute atomic E-state index is 12.9. The summed E-state index contributed by atoms with van der Waals surface area (Å²) >= 11 is 1.54. The highest BCUT2D eigenvalue weighted by Crippen LogP contribution is 2.40. The number of nitrogens with one attached hydrogen (secondary N) is 1. The van der Waals surface area contributed by atoms with Gasteiger partial charge in [0.15, 0.2) is 6.29 Å². The highest BCUT2D eigenvalue weighted by molar-refractivity contribution is 7.99. The van der Waals surface area contributed by atoms with Crippen LogP contribution in [0.15, 0.2) is 139 Å². The molecule has 1 amide bonds. The van der Waals surface area contributed by atoms with Gasteiger partial charge in [0.05, 0.1) is 41.7 Å². The number of carbonyl (C=O) groups excluding carboxylic acids is 1. The first kappa shape index (κ1) is 34.3. The van der Waals surface area contributed by atoms with Gasteiger partial charge in [0.1, 0.15) is 5.69 Å². The minimum absolute atomic E-state index is 0.0165. The lowest BCUT2D eigenvalue weighted by Gasteiger charge is -2.36. The predicted molar refractivity (Wildman–Crippen MR) is 201 cm³/mol. The Bertz CT molecular complexity index is 2320. The van der Waals surface area contributed by atoms with E-state index in [2.05, 4.69) is 49.0 Å². The number of carbonyl (C=O) groups is 1. The SMILES string of the molecule is O=C(NCc1cccc(-c2ccc([C@@H]3O[C@H](CSc4nnnn4-c4ccccc4)C[C@H](c4ccc(CO)cc4)O3)cc2)c1)c1cnc2ccccc2n1. The van der Waals surface area contributed by atoms with Crippen molar-refractivity contribution in [2.45, 2.75) is 43.2 Å². The third-order valence-corrected chi connectivity index (χ3v) is 10.1. The molecule has 3 heterocycles. The topological polar surface area (TPSA) is 137 Å². The summed E-state index contributed by atoms with van der Waals surface area (Å²) in [5.74, 6) is 0.340. The van der Waals surface area contributed by atoms with Gasteiger partial charge in [-0.05, 0) is 68.6 Å². The molecule has 1 aliphatic heterocycles. The second-order valence-electron chi connectivity index (χ2n) is 12.6. The molecule has 1 saturated heterocycles. The number of hydrogen-bond acceptors (Lipinski definition) is 10. The van der Waals surface area contributed by atoms with E-state index in [9.17, 15) is 9.90 Å². The molecule has 0 aliphatic carbocycles. The zero-order valence-electron chi connectivity index (χ0n) is 28.5. The van der Waals surface area contributed by atoms with Crippen molar-refractivity contribution < 1.29 is 19.4 Å². The Morgan fingerprint density at radius 1 is 0.811 bits per heavy atom. The van der Waals surface area contributed by atoms with Gasteiger partial charge in [-0.3, -0.25) is 9.78 Å². The van der Waals surface area contributed by atoms with E-state index in [0.29, 0.717) is 29.4 Å². The molecule has 0 unspecified atom stereocenters. The van der Waals surface area contributed by atoms with Gasteiger partial charge in [0.25, 0.3) is 5.91 Å². The molecule has 2 aromatic heterocycles. The zero-order valence-corrected chi connectivity index (χ0v) is 29.3. The number of para-hydroxylation sites is 3. The molecule has 1 fully saturated rings. The predicted octanol–water partition coefficient (Wildman–Crippen LogP) is 7.03. The first-order valence-corrected chi connectivity index (χ1v) is 18.2. The molecule has 2 N–H and O–H groups in total. The fourth-order valence-corrected chi connectivity index (χ4v) is 7.13. The number of hydrogen-bond donors (Lipinski definition) is 2. The van der Waals surface area contributed by atoms with Gasteiger partial charge in [-0.1, -0.05) is 109 Å². The molecule has 5 aromatic carbocycles. The highest BCUT2D eigenvalue weighted by Gasteiger charge is 2.32. The van der Waals surface area contributed by atoms with Crippen LogP contribution in [-0.2, 0) is 22.6 Å². The first-order chi connectivity index (χ1) is 26.1. The molecule has 3 atom stereocenters. The van der Waals surface area contributed by atoms with Crippen molar-refractivity contribution >= 4 is 28.7 Å². The summed E-state index contributed by atoms with van der Waals surface area (Å²) in [6, 6.07) is 41.4. The quantitative estimate of drug-likeness (QED) is 0.134. The molecule has 264 valence electrons. The standard InChI is InChI=1S/C41H35N7O4S/c49-25-27-13-15-30(16-14-27)38-22-34(26-53-41-45-46-47-48(41)33-9-2-1-3-10-33)51-40(52-38)31-19-17-29(18-20-31)32-8-6-7-28(21-32)23-43-39(50)37-24-42-35-11-4-5-12-36(35)44-37/h1-21,24,34,38,40,49H,22-23,25-26H2,(H,43,50)/t34-,38+,40+/m0/s1. The molecular formula is C41H35N7O4S. The number of fused-ring (bicyclic) bond motifs is 1. The molecule has 11 nitrogen and oxygen atoms in total. The van der Waals surface area contributed by atoms with Crippen molar-refractivity contribution in [1.82, 2.24) is 35.5 Å². The summed E-state index contributed by atoms with van der Waals surface area (Å²) < 4.78 is 14.9. The normalized spacial score (nSPS) is 17.1. The number of ether oxygens (including phenoxy) is 2. The number of thioether (sulfide) groups is 1. The molecule has 1 aliphatic rings. The summed E-state index contributed by atoms with van der Waals surface area (Å²) in [6.45, 7) is 0.332. The number of amides is 1. The van der Waals surface area contributed by atoms with E-state index in [-0.39, 0.29) is 30.4 Å². The van der Waals surface area contributed by atoms with Crippen LogP contribution in [0.2, 0.25) is 0 Å². The molecule has 0 radical (unpaired) electrons. The minimum Gasteiger partial charge on any atom is -0.392 e. The van der Waals surface area contributed by atoms with Crippen LogP contribution < -0.4 is 5.32 Å². The van der Waals surface area contributed by atoms with Crippen LogP contribution >= 0.6 is 11.8 Å². The summed E-state index contributed by atoms with van der Waals surface area (Å²) in [5, 5.41) is 25.6. The molecule has 0 spiro atoms. The molecule has 53 heavy (non-hydrogen) atoms. The number of aliphatic hydroxyl groups excluding tert-OH is 1. The van der Waals surface area contributed by atoms with Crippen LogP contribution in [0.1, 0.15) is 51.6 Å². The van der Waals surface area contributed by atoms with E-state index in [1.54, 1.807) is 16.4 Å². The Hall–Kier alpha value is -5.79. The first-order valence-electron chi connectivity index (χ1n) is 17.3. The van der Waals surface area contributed by atoms with Crippen LogP contribution in [0, 0.1) is 0 Å². The second kappa shape index (κ2) is 15.8. The largest absolute Gasteiger partial charge is 0.392 e. The lowest BCUT2D eigenvalue weighted by atomic mass is 9.99. The van der Waals surface area contributed by atoms with Gasteiger partial charge >= 0.3 is 0 Å². The van der Waals surface area contributed by atoms with E-state index in [0.717, 1.165) is 44.6 Å². The maximum Gasteiger partial charge on any atom is 0.271 e. The Labute approximate surface area is 310 Å². The van der Waals surface area contributed by atoms with E-state index in [4.69, 9.17) is 9.47 Å². The average molecular weight is 722 g/mol. The van der Waals surface area contributed by atoms with Gasteiger partial charge in [-0.2, -0.15) is 4.68 Å². The second-order valence-corrected chi connectivity index (χ2v) is 13.6. The van der Waals surface area contributed by atoms with E-state index >= 15 is 0 Å². The van der Waals surface area contributed by atoms with Crippen LogP contribution in [-0.4, -0.2) is 53.0 Å². The summed E-state index contributed by atoms with van der Waals surface area (Å²) in [6.07, 6.45) is 1.17. The molecule has 8 rings (SSSR count). The Balaban J connectivity index is 0.961. The monoisotopic (exact) mass is 721 g/mol. The number of nitrogens with zero attached hydrogens (tertiary/aromatic N) is 6. The van der Waals surface area contributed by atoms with Gasteiger partial charge in [0, 0.05) is 24.3 Å². The van der Waals surface area contributed by atoms with Crippen molar-refractivity contribution in [3.8, 4) is 16.8 Å². The summed E-state index contributed by atoms with van der Waals surface area (Å²) in [7, 11) is 0. The van der Waals surface area contributed by atoms with Crippen LogP contribution in [0.25, 0.3) is 27.8 Å². The molecular weight excluding hydrogens is 687 g/mol. The smallest absolute Gasteiger partial charge is 0.271 e. The molecule has 12 heteroatoms. The fourth-order valence-electron chi connectivity index (χ4n) is 6.22. The lowest BCUT2D eigenvalue weighted by Crippen LogP contribution is -2.31. The van der Waals surface area contributed by atoms with Gasteiger partial charge in [0.2, 0.25) is 5.16 Å². The van der Waals surface area contributed by atoms with E-state index in [1.807, 2.05) is 109 Å². The summed E-state index contributed by atoms with van der Waals surface area (Å²) in [5.41, 5.74) is 8.36. The van der Waals surface area contributed by atoms with E-state index in [1.165, 1.54) is 6.20 Å². The number of benzene rings is 5. The number of aliphatic hydroxyl groups is 1. The Morgan fingerprint density at radius 3 is 2.40 bits per heavy atom. The highest BCUT2D eigenvalue weighted by atomic mass is 32.2. The molecule has 0 saturated carbocycles.